The zero-order chi connectivity index (χ0) is 23.1. The Labute approximate surface area is 193 Å². The second-order valence-corrected chi connectivity index (χ2v) is 10.0. The zero-order valence-corrected chi connectivity index (χ0v) is 19.8. The van der Waals surface area contributed by atoms with Crippen LogP contribution in [0.1, 0.15) is 21.5 Å². The number of methoxy groups -OCH3 is 1. The van der Waals surface area contributed by atoms with Crippen LogP contribution in [-0.4, -0.2) is 33.8 Å². The van der Waals surface area contributed by atoms with Crippen molar-refractivity contribution in [2.45, 2.75) is 23.6 Å². The van der Waals surface area contributed by atoms with Gasteiger partial charge in [0, 0.05) is 17.2 Å². The molecule has 0 aliphatic rings. The van der Waals surface area contributed by atoms with Gasteiger partial charge in [0.1, 0.15) is 11.5 Å². The monoisotopic (exact) mass is 471 g/mol. The number of sulfonamides is 1. The maximum Gasteiger partial charge on any atom is 0.338 e. The third-order valence-electron chi connectivity index (χ3n) is 4.67. The highest BCUT2D eigenvalue weighted by atomic mass is 32.2. The molecular formula is C24H25NO5S2. The van der Waals surface area contributed by atoms with Crippen molar-refractivity contribution in [3.05, 3.63) is 83.4 Å². The van der Waals surface area contributed by atoms with Crippen LogP contribution in [0.3, 0.4) is 0 Å². The first-order valence-corrected chi connectivity index (χ1v) is 12.4. The van der Waals surface area contributed by atoms with E-state index in [-0.39, 0.29) is 17.0 Å². The molecule has 0 amide bonds. The molecule has 8 heteroatoms. The number of ether oxygens (including phenoxy) is 2. The van der Waals surface area contributed by atoms with Crippen molar-refractivity contribution in [3.8, 4) is 11.5 Å². The Morgan fingerprint density at radius 1 is 0.938 bits per heavy atom. The molecule has 1 N–H and O–H groups in total. The van der Waals surface area contributed by atoms with Crippen LogP contribution >= 0.6 is 11.8 Å². The summed E-state index contributed by atoms with van der Waals surface area (Å²) in [6.07, 6.45) is 0. The van der Waals surface area contributed by atoms with Crippen LogP contribution in [0.2, 0.25) is 0 Å². The Hall–Kier alpha value is -2.81. The number of esters is 1. The van der Waals surface area contributed by atoms with E-state index < -0.39 is 16.0 Å². The highest BCUT2D eigenvalue weighted by Crippen LogP contribution is 2.25. The lowest BCUT2D eigenvalue weighted by Crippen LogP contribution is -2.26. The van der Waals surface area contributed by atoms with Gasteiger partial charge in [-0.25, -0.2) is 17.9 Å². The van der Waals surface area contributed by atoms with Crippen molar-refractivity contribution in [2.75, 3.05) is 19.4 Å². The normalized spacial score (nSPS) is 11.2. The van der Waals surface area contributed by atoms with Crippen molar-refractivity contribution in [2.24, 2.45) is 0 Å². The number of thioether (sulfide) groups is 1. The molecule has 0 spiro atoms. The lowest BCUT2D eigenvalue weighted by atomic mass is 10.1. The van der Waals surface area contributed by atoms with Gasteiger partial charge in [-0.3, -0.25) is 0 Å². The van der Waals surface area contributed by atoms with Crippen molar-refractivity contribution in [1.29, 1.82) is 0 Å². The van der Waals surface area contributed by atoms with Crippen LogP contribution in [0.4, 0.5) is 0 Å². The maximum atomic E-state index is 12.6. The van der Waals surface area contributed by atoms with E-state index >= 15 is 0 Å². The van der Waals surface area contributed by atoms with Crippen molar-refractivity contribution < 1.29 is 22.7 Å². The summed E-state index contributed by atoms with van der Waals surface area (Å²) in [5.41, 5.74) is 2.06. The Morgan fingerprint density at radius 2 is 1.56 bits per heavy atom. The number of carbonyl (C=O) groups excluding carboxylic acids is 1. The van der Waals surface area contributed by atoms with Gasteiger partial charge >= 0.3 is 5.97 Å². The summed E-state index contributed by atoms with van der Waals surface area (Å²) < 4.78 is 38.2. The van der Waals surface area contributed by atoms with Gasteiger partial charge in [-0.2, -0.15) is 0 Å². The second-order valence-electron chi connectivity index (χ2n) is 7.10. The van der Waals surface area contributed by atoms with Gasteiger partial charge in [0.15, 0.2) is 0 Å². The highest BCUT2D eigenvalue weighted by molar-refractivity contribution is 7.99. The van der Waals surface area contributed by atoms with Crippen LogP contribution in [0, 0.1) is 13.8 Å². The van der Waals surface area contributed by atoms with E-state index in [9.17, 15) is 13.2 Å². The smallest absolute Gasteiger partial charge is 0.338 e. The van der Waals surface area contributed by atoms with Gasteiger partial charge in [-0.15, -0.1) is 11.8 Å². The number of aryl methyl sites for hydroxylation is 2. The van der Waals surface area contributed by atoms with Crippen LogP contribution in [0.15, 0.2) is 76.5 Å². The molecule has 0 saturated heterocycles. The summed E-state index contributed by atoms with van der Waals surface area (Å²) in [4.78, 5) is 12.9. The van der Waals surface area contributed by atoms with Crippen LogP contribution in [-0.2, 0) is 14.8 Å². The number of nitrogens with one attached hydrogen (secondary N) is 1. The molecule has 0 aliphatic carbocycles. The topological polar surface area (TPSA) is 81.7 Å². The zero-order valence-electron chi connectivity index (χ0n) is 18.1. The van der Waals surface area contributed by atoms with E-state index in [1.807, 2.05) is 55.5 Å². The standard InChI is InChI=1S/C24H25NO5S2/c1-17-4-7-19(8-5-17)30-20-9-11-21(12-10-20)31-15-14-25-32(27,28)22-13-6-18(2)23(16-22)24(26)29-3/h4-13,16,25H,14-15H2,1-3H3. The molecule has 3 aromatic carbocycles. The van der Waals surface area contributed by atoms with E-state index in [4.69, 9.17) is 9.47 Å². The average molecular weight is 472 g/mol. The Kier molecular flexibility index (Phi) is 7.95. The molecule has 0 heterocycles. The average Bonchev–Trinajstić information content (AvgIpc) is 2.79. The number of rotatable bonds is 9. The molecule has 0 radical (unpaired) electrons. The van der Waals surface area contributed by atoms with E-state index in [0.717, 1.165) is 16.4 Å². The molecule has 0 bridgehead atoms. The molecule has 32 heavy (non-hydrogen) atoms. The van der Waals surface area contributed by atoms with E-state index in [1.54, 1.807) is 13.0 Å². The fraction of sp³-hybridized carbons (Fsp3) is 0.208. The molecule has 0 atom stereocenters. The minimum atomic E-state index is -3.73. The fourth-order valence-corrected chi connectivity index (χ4v) is 4.83. The quantitative estimate of drug-likeness (QED) is 0.270. The summed E-state index contributed by atoms with van der Waals surface area (Å²) in [5.74, 6) is 1.49. The number of hydrogen-bond acceptors (Lipinski definition) is 6. The molecule has 0 aliphatic heterocycles. The molecule has 0 aromatic heterocycles. The fourth-order valence-electron chi connectivity index (χ4n) is 2.87. The summed E-state index contributed by atoms with van der Waals surface area (Å²) >= 11 is 1.53. The van der Waals surface area contributed by atoms with Crippen molar-refractivity contribution in [3.63, 3.8) is 0 Å². The predicted molar refractivity (Wildman–Crippen MR) is 126 cm³/mol. The van der Waals surface area contributed by atoms with Gasteiger partial charge in [-0.05, 0) is 67.9 Å². The molecule has 0 saturated carbocycles. The first kappa shape index (κ1) is 23.8. The third-order valence-corrected chi connectivity index (χ3v) is 7.14. The molecule has 168 valence electrons. The van der Waals surface area contributed by atoms with Gasteiger partial charge in [0.25, 0.3) is 0 Å². The SMILES string of the molecule is COC(=O)c1cc(S(=O)(=O)NCCSc2ccc(Oc3ccc(C)cc3)cc2)ccc1C. The largest absolute Gasteiger partial charge is 0.465 e. The van der Waals surface area contributed by atoms with Crippen molar-refractivity contribution >= 4 is 27.8 Å². The Bertz CT molecular complexity index is 1170. The van der Waals surface area contributed by atoms with E-state index in [1.165, 1.54) is 36.6 Å². The highest BCUT2D eigenvalue weighted by Gasteiger charge is 2.18. The molecular weight excluding hydrogens is 446 g/mol. The Balaban J connectivity index is 1.52. The number of benzene rings is 3. The van der Waals surface area contributed by atoms with E-state index in [0.29, 0.717) is 11.3 Å². The molecule has 3 aromatic rings. The lowest BCUT2D eigenvalue weighted by Gasteiger charge is -2.10. The van der Waals surface area contributed by atoms with Crippen LogP contribution in [0.5, 0.6) is 11.5 Å². The van der Waals surface area contributed by atoms with Gasteiger partial charge < -0.3 is 9.47 Å². The maximum absolute atomic E-state index is 12.6. The van der Waals surface area contributed by atoms with Gasteiger partial charge in [0.2, 0.25) is 10.0 Å². The van der Waals surface area contributed by atoms with Gasteiger partial charge in [-0.1, -0.05) is 23.8 Å². The Morgan fingerprint density at radius 3 is 2.19 bits per heavy atom. The first-order chi connectivity index (χ1) is 15.3. The number of carbonyl (C=O) groups is 1. The van der Waals surface area contributed by atoms with Crippen LogP contribution < -0.4 is 9.46 Å². The minimum Gasteiger partial charge on any atom is -0.465 e. The van der Waals surface area contributed by atoms with Crippen LogP contribution in [0.25, 0.3) is 0 Å². The summed E-state index contributed by atoms with van der Waals surface area (Å²) in [6, 6.07) is 19.9. The van der Waals surface area contributed by atoms with Gasteiger partial charge in [0.05, 0.1) is 17.6 Å². The first-order valence-electron chi connectivity index (χ1n) is 9.94. The number of hydrogen-bond donors (Lipinski definition) is 1. The molecule has 0 unspecified atom stereocenters. The summed E-state index contributed by atoms with van der Waals surface area (Å²) in [5, 5.41) is 0. The molecule has 0 fully saturated rings. The van der Waals surface area contributed by atoms with Crippen molar-refractivity contribution in [1.82, 2.24) is 4.72 Å². The predicted octanol–water partition coefficient (Wildman–Crippen LogP) is 4.95. The molecule has 3 rings (SSSR count). The third kappa shape index (κ3) is 6.35. The lowest BCUT2D eigenvalue weighted by molar-refractivity contribution is 0.0599. The van der Waals surface area contributed by atoms with E-state index in [2.05, 4.69) is 4.72 Å². The summed E-state index contributed by atoms with van der Waals surface area (Å²) in [7, 11) is -2.47. The molecule has 6 nitrogen and oxygen atoms in total. The second kappa shape index (κ2) is 10.7. The minimum absolute atomic E-state index is 0.0334. The summed E-state index contributed by atoms with van der Waals surface area (Å²) in [6.45, 7) is 4.00.